The van der Waals surface area contributed by atoms with E-state index in [1.54, 1.807) is 0 Å². The van der Waals surface area contributed by atoms with Crippen molar-refractivity contribution in [3.63, 3.8) is 0 Å². The van der Waals surface area contributed by atoms with Crippen LogP contribution in [0.15, 0.2) is 0 Å². The van der Waals surface area contributed by atoms with Gasteiger partial charge in [0.15, 0.2) is 0 Å². The van der Waals surface area contributed by atoms with Gasteiger partial charge in [0.2, 0.25) is 0 Å². The maximum absolute atomic E-state index is 8.77. The third-order valence-electron chi connectivity index (χ3n) is 0. The molecule has 3 N–H and O–H groups in total. The van der Waals surface area contributed by atoms with Crippen molar-refractivity contribution in [3.8, 4) is 0 Å². The molecule has 0 heterocycles. The van der Waals surface area contributed by atoms with Crippen molar-refractivity contribution in [1.82, 2.24) is 0 Å². The van der Waals surface area contributed by atoms with Gasteiger partial charge < -0.3 is 46.3 Å². The van der Waals surface area contributed by atoms with Crippen LogP contribution in [0.25, 0.3) is 0 Å². The van der Waals surface area contributed by atoms with E-state index in [9.17, 15) is 0 Å². The number of hydrogen-bond donors (Lipinski definition) is 3. The maximum Gasteiger partial charge on any atom is 1.00 e. The van der Waals surface area contributed by atoms with Crippen molar-refractivity contribution in [1.29, 1.82) is 0 Å². The smallest absolute Gasteiger partial charge is 1.00 e. The van der Waals surface area contributed by atoms with Gasteiger partial charge in [-0.1, -0.05) is 0 Å². The largest absolute Gasteiger partial charge is 1.00 e. The number of halogens is 1. The minimum atomic E-state index is -5.14. The second-order valence-corrected chi connectivity index (χ2v) is 2.88. The molecule has 0 aliphatic heterocycles. The van der Waals surface area contributed by atoms with Crippen molar-refractivity contribution < 1.29 is 213 Å². The van der Waals surface area contributed by atoms with Crippen LogP contribution in [0.1, 0.15) is 0 Å². The SMILES string of the molecule is O=P([O-])(O)O.O=P([O-])([O-])O.[Cl-].[K+].[K+].[Na+].[Na+]. The van der Waals surface area contributed by atoms with Crippen molar-refractivity contribution >= 4 is 15.6 Å². The summed E-state index contributed by atoms with van der Waals surface area (Å²) in [6.45, 7) is 0. The Hall–Kier alpha value is 5.78. The van der Waals surface area contributed by atoms with Gasteiger partial charge in [-0.2, -0.15) is 0 Å². The van der Waals surface area contributed by atoms with Crippen molar-refractivity contribution in [2.24, 2.45) is 0 Å². The van der Waals surface area contributed by atoms with Gasteiger partial charge in [0, 0.05) is 0 Å². The van der Waals surface area contributed by atoms with E-state index in [2.05, 4.69) is 0 Å². The van der Waals surface area contributed by atoms with Gasteiger partial charge >= 0.3 is 162 Å². The molecule has 0 aliphatic rings. The van der Waals surface area contributed by atoms with E-state index < -0.39 is 15.6 Å². The zero-order valence-corrected chi connectivity index (χ0v) is 21.4. The summed E-state index contributed by atoms with van der Waals surface area (Å²) >= 11 is 0. The average Bonchev–Trinajstić information content (AvgIpc) is 1.12. The van der Waals surface area contributed by atoms with Crippen LogP contribution in [-0.4, -0.2) is 14.7 Å². The summed E-state index contributed by atoms with van der Waals surface area (Å²) in [7, 11) is -10.0. The quantitative estimate of drug-likeness (QED) is 0.285. The van der Waals surface area contributed by atoms with E-state index in [-0.39, 0.29) is 174 Å². The first-order valence-corrected chi connectivity index (χ1v) is 4.54. The fraction of sp³-hybridized carbons (Fsp3) is 0. The van der Waals surface area contributed by atoms with Crippen molar-refractivity contribution in [2.45, 2.75) is 0 Å². The Balaban J connectivity index is -0.0000000128. The zero-order valence-electron chi connectivity index (χ0n) is 8.66. The van der Waals surface area contributed by atoms with Crippen LogP contribution in [0, 0.1) is 0 Å². The summed E-state index contributed by atoms with van der Waals surface area (Å²) in [4.78, 5) is 47.2. The second kappa shape index (κ2) is 22.1. The maximum atomic E-state index is 8.77. The van der Waals surface area contributed by atoms with E-state index in [0.29, 0.717) is 0 Å². The monoisotopic (exact) mass is 352 g/mol. The number of hydrogen-bond acceptors (Lipinski definition) is 5. The van der Waals surface area contributed by atoms with Gasteiger partial charge in [-0.05, 0) is 0 Å². The first-order chi connectivity index (χ1) is 4.00. The summed E-state index contributed by atoms with van der Waals surface area (Å²) in [5.41, 5.74) is 0. The minimum absolute atomic E-state index is 0. The van der Waals surface area contributed by atoms with Crippen LogP contribution in [0.3, 0.4) is 0 Å². The Morgan fingerprint density at radius 1 is 0.800 bits per heavy atom. The standard InChI is InChI=1S/ClH.2K.2Na.2H3O4P/c;;;;;2*1-5(2,3)4/h1H;;;;;2*(H3,1,2,3,4)/q;4*+1;;/p-4. The molecule has 72 valence electrons. The van der Waals surface area contributed by atoms with Crippen LogP contribution < -0.4 is 189 Å². The molecule has 0 saturated carbocycles. The molecule has 0 amide bonds. The van der Waals surface area contributed by atoms with Crippen LogP contribution in [0.2, 0.25) is 0 Å². The predicted molar refractivity (Wildman–Crippen MR) is 21.9 cm³/mol. The van der Waals surface area contributed by atoms with E-state index in [1.165, 1.54) is 0 Å². The molecular formula is H3ClK2Na2O8P2. The van der Waals surface area contributed by atoms with E-state index in [4.69, 9.17) is 38.5 Å². The Kier molecular flexibility index (Phi) is 63.0. The number of rotatable bonds is 0. The van der Waals surface area contributed by atoms with E-state index in [1.807, 2.05) is 0 Å². The van der Waals surface area contributed by atoms with Crippen LogP contribution in [0.4, 0.5) is 0 Å². The van der Waals surface area contributed by atoms with Gasteiger partial charge in [0.1, 0.15) is 0 Å². The summed E-state index contributed by atoms with van der Waals surface area (Å²) in [6.07, 6.45) is 0. The molecule has 0 atom stereocenters. The van der Waals surface area contributed by atoms with Crippen molar-refractivity contribution in [3.05, 3.63) is 0 Å². The Labute approximate surface area is 222 Å². The molecule has 0 rings (SSSR count). The predicted octanol–water partition coefficient (Wildman–Crippen LogP) is -18.7. The fourth-order valence-electron chi connectivity index (χ4n) is 0. The van der Waals surface area contributed by atoms with Crippen molar-refractivity contribution in [2.75, 3.05) is 0 Å². The molecule has 0 aromatic heterocycles. The second-order valence-electron chi connectivity index (χ2n) is 0.959. The van der Waals surface area contributed by atoms with E-state index >= 15 is 0 Å². The Morgan fingerprint density at radius 2 is 0.800 bits per heavy atom. The van der Waals surface area contributed by atoms with Gasteiger partial charge in [-0.25, -0.2) is 0 Å². The molecule has 0 unspecified atom stereocenters. The summed E-state index contributed by atoms with van der Waals surface area (Å²) in [6, 6.07) is 0. The fourth-order valence-corrected chi connectivity index (χ4v) is 0. The molecule has 0 aromatic rings. The molecular weight excluding hydrogens is 350 g/mol. The summed E-state index contributed by atoms with van der Waals surface area (Å²) in [5.74, 6) is 0. The van der Waals surface area contributed by atoms with Gasteiger partial charge in [0.05, 0.1) is 7.82 Å². The summed E-state index contributed by atoms with van der Waals surface area (Å²) in [5, 5.41) is 0. The first kappa shape index (κ1) is 42.8. The average molecular weight is 353 g/mol. The molecule has 0 bridgehead atoms. The zero-order chi connectivity index (χ0) is 9.00. The normalized spacial score (nSPS) is 7.87. The molecule has 0 aliphatic carbocycles. The molecule has 0 aromatic carbocycles. The molecule has 15 heavy (non-hydrogen) atoms. The third kappa shape index (κ3) is 187. The number of phosphoric acid groups is 2. The van der Waals surface area contributed by atoms with Gasteiger partial charge in [0.25, 0.3) is 7.82 Å². The molecule has 0 radical (unpaired) electrons. The van der Waals surface area contributed by atoms with E-state index in [0.717, 1.165) is 0 Å². The summed E-state index contributed by atoms with van der Waals surface area (Å²) < 4.78 is 17.4. The first-order valence-electron chi connectivity index (χ1n) is 1.51. The minimum Gasteiger partial charge on any atom is -1.00 e. The topological polar surface area (TPSA) is 164 Å². The van der Waals surface area contributed by atoms with Crippen LogP contribution in [-0.2, 0) is 9.13 Å². The molecule has 0 spiro atoms. The van der Waals surface area contributed by atoms with Crippen LogP contribution in [0.5, 0.6) is 0 Å². The van der Waals surface area contributed by atoms with Gasteiger partial charge in [-0.3, -0.25) is 4.57 Å². The molecule has 8 nitrogen and oxygen atoms in total. The third-order valence-corrected chi connectivity index (χ3v) is 0. The van der Waals surface area contributed by atoms with Crippen LogP contribution >= 0.6 is 15.6 Å². The van der Waals surface area contributed by atoms with Gasteiger partial charge in [-0.15, -0.1) is 0 Å². The molecule has 0 fully saturated rings. The Morgan fingerprint density at radius 3 is 0.800 bits per heavy atom. The Bertz CT molecular complexity index is 141. The molecule has 0 saturated heterocycles. The molecule has 15 heteroatoms.